The maximum absolute atomic E-state index is 12.3. The topological polar surface area (TPSA) is 49.4 Å². The second-order valence-electron chi connectivity index (χ2n) is 6.86. The molecule has 0 saturated carbocycles. The Kier molecular flexibility index (Phi) is 7.38. The summed E-state index contributed by atoms with van der Waals surface area (Å²) < 4.78 is 27.3. The lowest BCUT2D eigenvalue weighted by Gasteiger charge is -2.34. The zero-order valence-corrected chi connectivity index (χ0v) is 16.6. The summed E-state index contributed by atoms with van der Waals surface area (Å²) in [6.45, 7) is 8.29. The van der Waals surface area contributed by atoms with Gasteiger partial charge in [0.05, 0.1) is 10.0 Å². The Hall–Kier alpha value is -0.330. The van der Waals surface area contributed by atoms with Crippen LogP contribution in [0, 0.1) is 11.8 Å². The fraction of sp³-hybridized carbons (Fsp3) is 0.647. The van der Waals surface area contributed by atoms with Crippen LogP contribution in [-0.2, 0) is 10.0 Å². The van der Waals surface area contributed by atoms with Crippen LogP contribution >= 0.6 is 23.2 Å². The number of nitrogens with one attached hydrogen (secondary N) is 1. The van der Waals surface area contributed by atoms with E-state index in [4.69, 9.17) is 23.2 Å². The monoisotopic (exact) mass is 392 g/mol. The second kappa shape index (κ2) is 8.86. The van der Waals surface area contributed by atoms with Gasteiger partial charge >= 0.3 is 0 Å². The minimum Gasteiger partial charge on any atom is -0.303 e. The summed E-state index contributed by atoms with van der Waals surface area (Å²) >= 11 is 11.9. The average Bonchev–Trinajstić information content (AvgIpc) is 2.45. The summed E-state index contributed by atoms with van der Waals surface area (Å²) in [5, 5.41) is 0.289. The van der Waals surface area contributed by atoms with Gasteiger partial charge in [-0.3, -0.25) is 0 Å². The molecule has 0 bridgehead atoms. The first-order valence-corrected chi connectivity index (χ1v) is 10.7. The largest absolute Gasteiger partial charge is 0.303 e. The summed E-state index contributed by atoms with van der Waals surface area (Å²) in [7, 11) is -3.67. The van der Waals surface area contributed by atoms with E-state index in [1.807, 2.05) is 0 Å². The van der Waals surface area contributed by atoms with Crippen LogP contribution in [0.3, 0.4) is 0 Å². The molecule has 0 aliphatic carbocycles. The van der Waals surface area contributed by atoms with Crippen LogP contribution in [0.5, 0.6) is 0 Å². The number of halogens is 2. The van der Waals surface area contributed by atoms with Crippen molar-refractivity contribution in [2.24, 2.45) is 11.8 Å². The first-order chi connectivity index (χ1) is 11.3. The summed E-state index contributed by atoms with van der Waals surface area (Å²) in [6, 6.07) is 4.69. The van der Waals surface area contributed by atoms with Gasteiger partial charge in [0.15, 0.2) is 0 Å². The van der Waals surface area contributed by atoms with E-state index in [0.717, 1.165) is 44.3 Å². The van der Waals surface area contributed by atoms with Crippen LogP contribution in [0.1, 0.15) is 33.1 Å². The molecule has 1 aliphatic heterocycles. The molecule has 1 fully saturated rings. The minimum absolute atomic E-state index is 0.0352. The summed E-state index contributed by atoms with van der Waals surface area (Å²) in [4.78, 5) is 2.45. The number of rotatable bonds is 7. The Labute approximate surface area is 155 Å². The molecule has 1 aromatic rings. The van der Waals surface area contributed by atoms with E-state index in [1.165, 1.54) is 18.6 Å². The van der Waals surface area contributed by atoms with E-state index in [1.54, 1.807) is 6.07 Å². The zero-order valence-electron chi connectivity index (χ0n) is 14.3. The molecule has 1 saturated heterocycles. The first kappa shape index (κ1) is 20.0. The Morgan fingerprint density at radius 1 is 1.12 bits per heavy atom. The van der Waals surface area contributed by atoms with E-state index >= 15 is 0 Å². The normalized spacial score (nSPS) is 22.7. The number of unbranched alkanes of at least 4 members (excludes halogenated alkanes) is 1. The fourth-order valence-electron chi connectivity index (χ4n) is 3.45. The number of sulfonamides is 1. The number of hydrogen-bond donors (Lipinski definition) is 1. The van der Waals surface area contributed by atoms with Gasteiger partial charge in [-0.15, -0.1) is 0 Å². The van der Waals surface area contributed by atoms with Gasteiger partial charge in [-0.2, -0.15) is 0 Å². The zero-order chi connectivity index (χ0) is 17.7. The highest BCUT2D eigenvalue weighted by Gasteiger charge is 2.22. The van der Waals surface area contributed by atoms with Gasteiger partial charge in [-0.1, -0.05) is 43.1 Å². The Morgan fingerprint density at radius 3 is 2.29 bits per heavy atom. The first-order valence-electron chi connectivity index (χ1n) is 8.45. The fourth-order valence-corrected chi connectivity index (χ4v) is 5.67. The van der Waals surface area contributed by atoms with E-state index in [2.05, 4.69) is 23.5 Å². The maximum atomic E-state index is 12.3. The standard InChI is InChI=1S/C17H26Cl2N2O2S/c1-13-10-14(2)12-21(11-13)9-4-3-8-20-24(22,23)17-15(18)6-5-7-16(17)19/h5-7,13-14,20H,3-4,8-12H2,1-2H3. The highest BCUT2D eigenvalue weighted by Crippen LogP contribution is 2.28. The summed E-state index contributed by atoms with van der Waals surface area (Å²) in [6.07, 6.45) is 3.06. The van der Waals surface area contributed by atoms with Crippen LogP contribution < -0.4 is 4.72 Å². The third-order valence-electron chi connectivity index (χ3n) is 4.33. The smallest absolute Gasteiger partial charge is 0.243 e. The van der Waals surface area contributed by atoms with Crippen LogP contribution in [0.25, 0.3) is 0 Å². The number of piperidine rings is 1. The van der Waals surface area contributed by atoms with Crippen molar-refractivity contribution in [3.8, 4) is 0 Å². The second-order valence-corrected chi connectivity index (χ2v) is 9.38. The van der Waals surface area contributed by atoms with Gasteiger partial charge in [-0.25, -0.2) is 13.1 Å². The number of benzene rings is 1. The van der Waals surface area contributed by atoms with Gasteiger partial charge < -0.3 is 4.90 Å². The van der Waals surface area contributed by atoms with Crippen molar-refractivity contribution < 1.29 is 8.42 Å². The van der Waals surface area contributed by atoms with E-state index in [-0.39, 0.29) is 14.9 Å². The highest BCUT2D eigenvalue weighted by molar-refractivity contribution is 7.89. The molecule has 1 aliphatic rings. The third kappa shape index (κ3) is 5.60. The molecule has 2 rings (SSSR count). The van der Waals surface area contributed by atoms with Gasteiger partial charge in [0.25, 0.3) is 0 Å². The third-order valence-corrected chi connectivity index (χ3v) is 6.74. The molecule has 2 atom stereocenters. The lowest BCUT2D eigenvalue weighted by atomic mass is 9.92. The quantitative estimate of drug-likeness (QED) is 0.712. The van der Waals surface area contributed by atoms with Crippen LogP contribution in [-0.4, -0.2) is 39.5 Å². The van der Waals surface area contributed by atoms with Crippen molar-refractivity contribution in [1.82, 2.24) is 9.62 Å². The molecule has 1 aromatic carbocycles. The van der Waals surface area contributed by atoms with Crippen molar-refractivity contribution in [3.05, 3.63) is 28.2 Å². The average molecular weight is 393 g/mol. The predicted octanol–water partition coefficient (Wildman–Crippen LogP) is 4.03. The molecule has 0 aromatic heterocycles. The molecule has 1 heterocycles. The molecule has 4 nitrogen and oxygen atoms in total. The lowest BCUT2D eigenvalue weighted by Crippen LogP contribution is -2.39. The molecule has 0 amide bonds. The van der Waals surface area contributed by atoms with Crippen molar-refractivity contribution in [2.45, 2.75) is 38.0 Å². The summed E-state index contributed by atoms with van der Waals surface area (Å²) in [5.41, 5.74) is 0. The van der Waals surface area contributed by atoms with Crippen LogP contribution in [0.4, 0.5) is 0 Å². The molecule has 2 unspecified atom stereocenters. The molecule has 1 N–H and O–H groups in total. The van der Waals surface area contributed by atoms with Crippen molar-refractivity contribution in [1.29, 1.82) is 0 Å². The Bertz CT molecular complexity index is 622. The van der Waals surface area contributed by atoms with Gasteiger partial charge in [-0.05, 0) is 49.8 Å². The molecule has 136 valence electrons. The van der Waals surface area contributed by atoms with Gasteiger partial charge in [0.1, 0.15) is 4.90 Å². The van der Waals surface area contributed by atoms with Crippen molar-refractivity contribution >= 4 is 33.2 Å². The SMILES string of the molecule is CC1CC(C)CN(CCCCNS(=O)(=O)c2c(Cl)cccc2Cl)C1. The molecular weight excluding hydrogens is 367 g/mol. The number of hydrogen-bond acceptors (Lipinski definition) is 3. The molecule has 24 heavy (non-hydrogen) atoms. The van der Waals surface area contributed by atoms with Crippen LogP contribution in [0.15, 0.2) is 23.1 Å². The predicted molar refractivity (Wildman–Crippen MR) is 100 cm³/mol. The van der Waals surface area contributed by atoms with E-state index in [9.17, 15) is 8.42 Å². The Balaban J connectivity index is 1.78. The number of nitrogens with zero attached hydrogens (tertiary/aromatic N) is 1. The molecule has 0 radical (unpaired) electrons. The maximum Gasteiger partial charge on any atom is 0.243 e. The Morgan fingerprint density at radius 2 is 1.71 bits per heavy atom. The summed E-state index contributed by atoms with van der Waals surface area (Å²) in [5.74, 6) is 1.49. The van der Waals surface area contributed by atoms with E-state index < -0.39 is 10.0 Å². The van der Waals surface area contributed by atoms with Crippen molar-refractivity contribution in [2.75, 3.05) is 26.2 Å². The lowest BCUT2D eigenvalue weighted by molar-refractivity contribution is 0.139. The van der Waals surface area contributed by atoms with E-state index in [0.29, 0.717) is 6.54 Å². The molecular formula is C17H26Cl2N2O2S. The van der Waals surface area contributed by atoms with Crippen LogP contribution in [0.2, 0.25) is 10.0 Å². The number of likely N-dealkylation sites (tertiary alicyclic amines) is 1. The molecule has 0 spiro atoms. The molecule has 7 heteroatoms. The van der Waals surface area contributed by atoms with Crippen molar-refractivity contribution in [3.63, 3.8) is 0 Å². The van der Waals surface area contributed by atoms with Gasteiger partial charge in [0, 0.05) is 19.6 Å². The minimum atomic E-state index is -3.67. The van der Waals surface area contributed by atoms with Gasteiger partial charge in [0.2, 0.25) is 10.0 Å². The highest BCUT2D eigenvalue weighted by atomic mass is 35.5.